The van der Waals surface area contributed by atoms with E-state index in [2.05, 4.69) is 0 Å². The number of hydrogen-bond donors (Lipinski definition) is 1. The maximum absolute atomic E-state index is 11.6. The van der Waals surface area contributed by atoms with Gasteiger partial charge in [-0.25, -0.2) is 0 Å². The highest BCUT2D eigenvalue weighted by Crippen LogP contribution is 2.00. The Hall–Kier alpha value is -0.610. The lowest BCUT2D eigenvalue weighted by Gasteiger charge is -2.20. The molecule has 0 aromatic heterocycles. The summed E-state index contributed by atoms with van der Waals surface area (Å²) < 4.78 is 4.93. The van der Waals surface area contributed by atoms with Crippen LogP contribution in [0.5, 0.6) is 0 Å². The average Bonchev–Trinajstić information content (AvgIpc) is 2.16. The summed E-state index contributed by atoms with van der Waals surface area (Å²) >= 11 is 0. The van der Waals surface area contributed by atoms with E-state index in [4.69, 9.17) is 10.5 Å². The normalized spacial score (nSPS) is 12.6. The highest BCUT2D eigenvalue weighted by molar-refractivity contribution is 5.76. The van der Waals surface area contributed by atoms with Gasteiger partial charge < -0.3 is 15.4 Å². The zero-order valence-corrected chi connectivity index (χ0v) is 9.45. The zero-order valence-electron chi connectivity index (χ0n) is 9.45. The third-order valence-corrected chi connectivity index (χ3v) is 2.11. The molecule has 0 spiro atoms. The number of methoxy groups -OCH3 is 1. The van der Waals surface area contributed by atoms with Gasteiger partial charge in [0.05, 0.1) is 6.61 Å². The van der Waals surface area contributed by atoms with Gasteiger partial charge in [0.15, 0.2) is 0 Å². The topological polar surface area (TPSA) is 55.6 Å². The van der Waals surface area contributed by atoms with Crippen molar-refractivity contribution in [1.82, 2.24) is 4.90 Å². The molecule has 2 N–H and O–H groups in total. The average molecular weight is 202 g/mol. The fourth-order valence-corrected chi connectivity index (χ4v) is 1.17. The van der Waals surface area contributed by atoms with Crippen LogP contribution >= 0.6 is 0 Å². The molecule has 4 heteroatoms. The fraction of sp³-hybridized carbons (Fsp3) is 0.900. The SMILES string of the molecule is CCN(CCOC)C(=O)CCC(C)N. The molecule has 0 aromatic rings. The molecule has 1 amide bonds. The van der Waals surface area contributed by atoms with Gasteiger partial charge >= 0.3 is 0 Å². The van der Waals surface area contributed by atoms with Crippen molar-refractivity contribution in [2.45, 2.75) is 32.7 Å². The number of hydrogen-bond acceptors (Lipinski definition) is 3. The Balaban J connectivity index is 3.79. The minimum Gasteiger partial charge on any atom is -0.383 e. The Morgan fingerprint density at radius 2 is 2.21 bits per heavy atom. The second-order valence-electron chi connectivity index (χ2n) is 3.48. The van der Waals surface area contributed by atoms with E-state index in [9.17, 15) is 4.79 Å². The lowest BCUT2D eigenvalue weighted by Crippen LogP contribution is -2.34. The first-order chi connectivity index (χ1) is 6.61. The molecule has 1 atom stereocenters. The predicted molar refractivity (Wildman–Crippen MR) is 57.0 cm³/mol. The molecular formula is C10H22N2O2. The van der Waals surface area contributed by atoms with Gasteiger partial charge in [0.1, 0.15) is 0 Å². The minimum absolute atomic E-state index is 0.0973. The van der Waals surface area contributed by atoms with Crippen LogP contribution in [0.15, 0.2) is 0 Å². The number of nitrogens with two attached hydrogens (primary N) is 1. The standard InChI is InChI=1S/C10H22N2O2/c1-4-12(7-8-14-3)10(13)6-5-9(2)11/h9H,4-8,11H2,1-3H3. The van der Waals surface area contributed by atoms with E-state index in [1.165, 1.54) is 0 Å². The Morgan fingerprint density at radius 1 is 1.57 bits per heavy atom. The lowest BCUT2D eigenvalue weighted by atomic mass is 10.2. The molecule has 0 heterocycles. The number of carbonyl (C=O) groups is 1. The van der Waals surface area contributed by atoms with Crippen LogP contribution in [0.1, 0.15) is 26.7 Å². The Kier molecular flexibility index (Phi) is 7.42. The van der Waals surface area contributed by atoms with Crippen molar-refractivity contribution in [3.05, 3.63) is 0 Å². The summed E-state index contributed by atoms with van der Waals surface area (Å²) in [6, 6.07) is 0.0973. The molecule has 14 heavy (non-hydrogen) atoms. The minimum atomic E-state index is 0.0973. The lowest BCUT2D eigenvalue weighted by molar-refractivity contribution is -0.131. The van der Waals surface area contributed by atoms with Crippen LogP contribution in [0.3, 0.4) is 0 Å². The summed E-state index contributed by atoms with van der Waals surface area (Å²) in [4.78, 5) is 13.4. The Bertz CT molecular complexity index is 160. The summed E-state index contributed by atoms with van der Waals surface area (Å²) in [6.45, 7) is 5.89. The van der Waals surface area contributed by atoms with Crippen LogP contribution < -0.4 is 5.73 Å². The summed E-state index contributed by atoms with van der Waals surface area (Å²) in [6.07, 6.45) is 1.29. The molecule has 0 rings (SSSR count). The van der Waals surface area contributed by atoms with E-state index in [1.807, 2.05) is 13.8 Å². The van der Waals surface area contributed by atoms with Crippen molar-refractivity contribution in [2.75, 3.05) is 26.8 Å². The molecule has 0 saturated carbocycles. The van der Waals surface area contributed by atoms with Gasteiger partial charge in [0.2, 0.25) is 5.91 Å². The van der Waals surface area contributed by atoms with Gasteiger partial charge in [-0.15, -0.1) is 0 Å². The zero-order chi connectivity index (χ0) is 11.0. The number of ether oxygens (including phenoxy) is 1. The summed E-state index contributed by atoms with van der Waals surface area (Å²) in [5.41, 5.74) is 5.59. The van der Waals surface area contributed by atoms with E-state index in [0.717, 1.165) is 13.0 Å². The van der Waals surface area contributed by atoms with E-state index < -0.39 is 0 Å². The second kappa shape index (κ2) is 7.76. The predicted octanol–water partition coefficient (Wildman–Crippen LogP) is 0.609. The molecule has 0 radical (unpaired) electrons. The van der Waals surface area contributed by atoms with E-state index >= 15 is 0 Å². The monoisotopic (exact) mass is 202 g/mol. The molecule has 0 bridgehead atoms. The highest BCUT2D eigenvalue weighted by Gasteiger charge is 2.11. The van der Waals surface area contributed by atoms with E-state index in [0.29, 0.717) is 19.6 Å². The third-order valence-electron chi connectivity index (χ3n) is 2.11. The molecule has 4 nitrogen and oxygen atoms in total. The first-order valence-corrected chi connectivity index (χ1v) is 5.14. The smallest absolute Gasteiger partial charge is 0.222 e. The molecule has 0 fully saturated rings. The first kappa shape index (κ1) is 13.4. The van der Waals surface area contributed by atoms with Crippen molar-refractivity contribution >= 4 is 5.91 Å². The van der Waals surface area contributed by atoms with Crippen molar-refractivity contribution in [3.8, 4) is 0 Å². The molecule has 1 unspecified atom stereocenters. The van der Waals surface area contributed by atoms with Crippen molar-refractivity contribution in [1.29, 1.82) is 0 Å². The van der Waals surface area contributed by atoms with Gasteiger partial charge in [-0.3, -0.25) is 4.79 Å². The summed E-state index contributed by atoms with van der Waals surface area (Å²) in [7, 11) is 1.64. The maximum Gasteiger partial charge on any atom is 0.222 e. The van der Waals surface area contributed by atoms with Crippen LogP contribution in [-0.2, 0) is 9.53 Å². The van der Waals surface area contributed by atoms with E-state index in [1.54, 1.807) is 12.0 Å². The molecule has 0 aromatic carbocycles. The van der Waals surface area contributed by atoms with Crippen molar-refractivity contribution < 1.29 is 9.53 Å². The largest absolute Gasteiger partial charge is 0.383 e. The number of rotatable bonds is 7. The molecule has 0 saturated heterocycles. The van der Waals surface area contributed by atoms with Gasteiger partial charge in [-0.2, -0.15) is 0 Å². The van der Waals surface area contributed by atoms with Crippen LogP contribution in [0.25, 0.3) is 0 Å². The quantitative estimate of drug-likeness (QED) is 0.658. The molecule has 84 valence electrons. The number of nitrogens with zero attached hydrogens (tertiary/aromatic N) is 1. The Labute approximate surface area is 86.4 Å². The van der Waals surface area contributed by atoms with Crippen molar-refractivity contribution in [3.63, 3.8) is 0 Å². The highest BCUT2D eigenvalue weighted by atomic mass is 16.5. The molecule has 0 aliphatic heterocycles. The van der Waals surface area contributed by atoms with Gasteiger partial charge in [0.25, 0.3) is 0 Å². The maximum atomic E-state index is 11.6. The fourth-order valence-electron chi connectivity index (χ4n) is 1.17. The van der Waals surface area contributed by atoms with Crippen LogP contribution in [0.4, 0.5) is 0 Å². The van der Waals surface area contributed by atoms with Gasteiger partial charge in [-0.1, -0.05) is 0 Å². The number of amides is 1. The molecular weight excluding hydrogens is 180 g/mol. The Morgan fingerprint density at radius 3 is 2.64 bits per heavy atom. The van der Waals surface area contributed by atoms with Gasteiger partial charge in [0, 0.05) is 32.7 Å². The van der Waals surface area contributed by atoms with Crippen molar-refractivity contribution in [2.24, 2.45) is 5.73 Å². The van der Waals surface area contributed by atoms with Crippen LogP contribution in [0.2, 0.25) is 0 Å². The summed E-state index contributed by atoms with van der Waals surface area (Å²) in [5, 5.41) is 0. The van der Waals surface area contributed by atoms with Crippen LogP contribution in [-0.4, -0.2) is 43.7 Å². The van der Waals surface area contributed by atoms with E-state index in [-0.39, 0.29) is 11.9 Å². The third kappa shape index (κ3) is 5.94. The summed E-state index contributed by atoms with van der Waals surface area (Å²) in [5.74, 6) is 0.168. The van der Waals surface area contributed by atoms with Crippen LogP contribution in [0, 0.1) is 0 Å². The number of carbonyl (C=O) groups excluding carboxylic acids is 1. The molecule has 0 aliphatic rings. The first-order valence-electron chi connectivity index (χ1n) is 5.14. The number of likely N-dealkylation sites (N-methyl/N-ethyl adjacent to an activating group) is 1. The van der Waals surface area contributed by atoms with Gasteiger partial charge in [-0.05, 0) is 20.3 Å². The molecule has 0 aliphatic carbocycles. The second-order valence-corrected chi connectivity index (χ2v) is 3.48.